The van der Waals surface area contributed by atoms with E-state index in [2.05, 4.69) is 63.1 Å². The molecule has 5 heteroatoms. The molecule has 0 radical (unpaired) electrons. The second-order valence-corrected chi connectivity index (χ2v) is 8.74. The third-order valence-electron chi connectivity index (χ3n) is 6.50. The Kier molecular flexibility index (Phi) is 6.14. The van der Waals surface area contributed by atoms with Gasteiger partial charge in [-0.25, -0.2) is 4.98 Å². The SMILES string of the molecule is C/C(=C\c1ccccc1)CN1CCC2(CC1)CC2C(=O)NCCCn1ccnc1. The van der Waals surface area contributed by atoms with E-state index in [-0.39, 0.29) is 17.2 Å². The minimum absolute atomic E-state index is 0.235. The topological polar surface area (TPSA) is 50.2 Å². The number of rotatable bonds is 8. The maximum atomic E-state index is 12.5. The average Bonchev–Trinajstić information content (AvgIpc) is 3.17. The number of hydrogen-bond donors (Lipinski definition) is 1. The van der Waals surface area contributed by atoms with Crippen LogP contribution in [-0.4, -0.2) is 46.5 Å². The summed E-state index contributed by atoms with van der Waals surface area (Å²) in [6.45, 7) is 7.10. The summed E-state index contributed by atoms with van der Waals surface area (Å²) in [6.07, 6.45) is 12.2. The molecule has 1 spiro atoms. The van der Waals surface area contributed by atoms with Crippen LogP contribution in [0, 0.1) is 11.3 Å². The van der Waals surface area contributed by atoms with Crippen molar-refractivity contribution < 1.29 is 4.79 Å². The molecule has 1 unspecified atom stereocenters. The number of aryl methyl sites for hydroxylation is 1. The number of piperidine rings is 1. The number of imidazole rings is 1. The molecule has 1 saturated carbocycles. The number of carbonyl (C=O) groups excluding carboxylic acids is 1. The van der Waals surface area contributed by atoms with Gasteiger partial charge in [-0.3, -0.25) is 9.69 Å². The van der Waals surface area contributed by atoms with Crippen LogP contribution in [0.3, 0.4) is 0 Å². The lowest BCUT2D eigenvalue weighted by molar-refractivity contribution is -0.123. The summed E-state index contributed by atoms with van der Waals surface area (Å²) < 4.78 is 2.05. The lowest BCUT2D eigenvalue weighted by Gasteiger charge is -2.33. The molecule has 29 heavy (non-hydrogen) atoms. The van der Waals surface area contributed by atoms with Crippen molar-refractivity contribution in [3.05, 3.63) is 60.2 Å². The highest BCUT2D eigenvalue weighted by Gasteiger charge is 2.58. The molecule has 5 nitrogen and oxygen atoms in total. The van der Waals surface area contributed by atoms with Crippen molar-refractivity contribution in [2.45, 2.75) is 39.2 Å². The molecule has 1 saturated heterocycles. The highest BCUT2D eigenvalue weighted by molar-refractivity contribution is 5.82. The summed E-state index contributed by atoms with van der Waals surface area (Å²) in [5, 5.41) is 3.15. The minimum atomic E-state index is 0.235. The largest absolute Gasteiger partial charge is 0.356 e. The number of nitrogens with zero attached hydrogens (tertiary/aromatic N) is 3. The van der Waals surface area contributed by atoms with E-state index < -0.39 is 0 Å². The Bertz CT molecular complexity index is 820. The molecule has 1 amide bonds. The van der Waals surface area contributed by atoms with E-state index in [9.17, 15) is 4.79 Å². The first-order valence-electron chi connectivity index (χ1n) is 10.8. The van der Waals surface area contributed by atoms with Crippen molar-refractivity contribution in [3.63, 3.8) is 0 Å². The molecule has 1 N–H and O–H groups in total. The second-order valence-electron chi connectivity index (χ2n) is 8.74. The van der Waals surface area contributed by atoms with Gasteiger partial charge in [-0.2, -0.15) is 0 Å². The number of carbonyl (C=O) groups is 1. The summed E-state index contributed by atoms with van der Waals surface area (Å²) in [7, 11) is 0. The highest BCUT2D eigenvalue weighted by atomic mass is 16.2. The molecule has 1 atom stereocenters. The van der Waals surface area contributed by atoms with Crippen LogP contribution in [0.5, 0.6) is 0 Å². The van der Waals surface area contributed by atoms with Gasteiger partial charge < -0.3 is 9.88 Å². The van der Waals surface area contributed by atoms with Crippen molar-refractivity contribution >= 4 is 12.0 Å². The van der Waals surface area contributed by atoms with E-state index in [1.807, 2.05) is 12.5 Å². The monoisotopic (exact) mass is 392 g/mol. The summed E-state index contributed by atoms with van der Waals surface area (Å²) in [5.74, 6) is 0.503. The molecule has 4 rings (SSSR count). The quantitative estimate of drug-likeness (QED) is 0.699. The maximum absolute atomic E-state index is 12.5. The van der Waals surface area contributed by atoms with Crippen molar-refractivity contribution in [1.82, 2.24) is 19.8 Å². The van der Waals surface area contributed by atoms with E-state index in [1.165, 1.54) is 11.1 Å². The van der Waals surface area contributed by atoms with Crippen molar-refractivity contribution in [3.8, 4) is 0 Å². The number of hydrogen-bond acceptors (Lipinski definition) is 3. The van der Waals surface area contributed by atoms with Gasteiger partial charge in [0.25, 0.3) is 0 Å². The Hall–Kier alpha value is -2.40. The van der Waals surface area contributed by atoms with Crippen molar-refractivity contribution in [2.75, 3.05) is 26.2 Å². The summed E-state index contributed by atoms with van der Waals surface area (Å²) >= 11 is 0. The summed E-state index contributed by atoms with van der Waals surface area (Å²) in [6, 6.07) is 10.5. The third-order valence-corrected chi connectivity index (χ3v) is 6.50. The molecule has 1 aliphatic heterocycles. The average molecular weight is 393 g/mol. The minimum Gasteiger partial charge on any atom is -0.356 e. The number of amides is 1. The van der Waals surface area contributed by atoms with Gasteiger partial charge in [0.05, 0.1) is 6.33 Å². The van der Waals surface area contributed by atoms with Gasteiger partial charge in [0.1, 0.15) is 0 Å². The lowest BCUT2D eigenvalue weighted by atomic mass is 9.90. The van der Waals surface area contributed by atoms with E-state index in [4.69, 9.17) is 0 Å². The predicted molar refractivity (Wildman–Crippen MR) is 116 cm³/mol. The molecule has 1 aromatic heterocycles. The molecule has 2 aromatic rings. The zero-order valence-electron chi connectivity index (χ0n) is 17.4. The molecule has 1 aromatic carbocycles. The van der Waals surface area contributed by atoms with Crippen molar-refractivity contribution in [2.24, 2.45) is 11.3 Å². The van der Waals surface area contributed by atoms with Gasteiger partial charge in [-0.1, -0.05) is 42.0 Å². The molecular weight excluding hydrogens is 360 g/mol. The van der Waals surface area contributed by atoms with E-state index in [1.54, 1.807) is 6.20 Å². The maximum Gasteiger partial charge on any atom is 0.223 e. The predicted octanol–water partition coefficient (Wildman–Crippen LogP) is 3.60. The Balaban J connectivity index is 1.17. The van der Waals surface area contributed by atoms with Gasteiger partial charge in [0.2, 0.25) is 5.91 Å². The zero-order valence-corrected chi connectivity index (χ0v) is 17.4. The smallest absolute Gasteiger partial charge is 0.223 e. The van der Waals surface area contributed by atoms with Crippen molar-refractivity contribution in [1.29, 1.82) is 0 Å². The number of likely N-dealkylation sites (tertiary alicyclic amines) is 1. The van der Waals surface area contributed by atoms with Gasteiger partial charge in [0, 0.05) is 37.9 Å². The molecule has 2 fully saturated rings. The van der Waals surface area contributed by atoms with E-state index in [0.29, 0.717) is 0 Å². The number of aromatic nitrogens is 2. The van der Waals surface area contributed by atoms with Gasteiger partial charge >= 0.3 is 0 Å². The van der Waals surface area contributed by atoms with Gasteiger partial charge in [0.15, 0.2) is 0 Å². The zero-order chi connectivity index (χ0) is 20.1. The van der Waals surface area contributed by atoms with Gasteiger partial charge in [-0.05, 0) is 56.7 Å². The fourth-order valence-electron chi connectivity index (χ4n) is 4.68. The fraction of sp³-hybridized carbons (Fsp3) is 0.500. The second kappa shape index (κ2) is 8.95. The first kappa shape index (κ1) is 19.9. The van der Waals surface area contributed by atoms with E-state index in [0.717, 1.165) is 58.4 Å². The Labute approximate surface area is 173 Å². The Morgan fingerprint density at radius 3 is 2.79 bits per heavy atom. The highest BCUT2D eigenvalue weighted by Crippen LogP contribution is 2.59. The molecule has 2 heterocycles. The number of benzene rings is 1. The van der Waals surface area contributed by atoms with Crippen LogP contribution in [0.4, 0.5) is 0 Å². The first-order chi connectivity index (χ1) is 14.1. The first-order valence-corrected chi connectivity index (χ1v) is 10.8. The lowest BCUT2D eigenvalue weighted by Crippen LogP contribution is -2.38. The summed E-state index contributed by atoms with van der Waals surface area (Å²) in [4.78, 5) is 19.1. The van der Waals surface area contributed by atoms with Crippen LogP contribution in [0.15, 0.2) is 54.6 Å². The Morgan fingerprint density at radius 2 is 2.07 bits per heavy atom. The van der Waals surface area contributed by atoms with Crippen LogP contribution in [-0.2, 0) is 11.3 Å². The third kappa shape index (κ3) is 5.15. The van der Waals surface area contributed by atoms with Crippen LogP contribution in [0.25, 0.3) is 6.08 Å². The van der Waals surface area contributed by atoms with Gasteiger partial charge in [-0.15, -0.1) is 0 Å². The number of nitrogens with one attached hydrogen (secondary N) is 1. The molecule has 0 bridgehead atoms. The molecular formula is C24H32N4O. The molecule has 2 aliphatic rings. The fourth-order valence-corrected chi connectivity index (χ4v) is 4.68. The summed E-state index contributed by atoms with van der Waals surface area (Å²) in [5.41, 5.74) is 2.95. The molecule has 1 aliphatic carbocycles. The standard InChI is InChI=1S/C24H32N4O/c1-20(16-21-6-3-2-4-7-21)18-27-13-8-24(9-14-27)17-22(24)23(29)26-10-5-12-28-15-11-25-19-28/h2-4,6-7,11,15-16,19,22H,5,8-10,12-14,17-18H2,1H3,(H,26,29)/b20-16+. The van der Waals surface area contributed by atoms with Crippen LogP contribution in [0.2, 0.25) is 0 Å². The van der Waals surface area contributed by atoms with Crippen LogP contribution in [0.1, 0.15) is 38.2 Å². The van der Waals surface area contributed by atoms with E-state index >= 15 is 0 Å². The normalized spacial score (nSPS) is 21.3. The molecule has 154 valence electrons. The Morgan fingerprint density at radius 1 is 1.28 bits per heavy atom. The van der Waals surface area contributed by atoms with Crippen LogP contribution >= 0.6 is 0 Å². The van der Waals surface area contributed by atoms with Crippen LogP contribution < -0.4 is 5.32 Å².